The highest BCUT2D eigenvalue weighted by Gasteiger charge is 2.34. The smallest absolute Gasteiger partial charge is 0.335 e. The van der Waals surface area contributed by atoms with Crippen molar-refractivity contribution in [3.05, 3.63) is 57.8 Å². The van der Waals surface area contributed by atoms with Gasteiger partial charge in [-0.1, -0.05) is 6.92 Å². The van der Waals surface area contributed by atoms with Crippen LogP contribution in [-0.4, -0.2) is 38.2 Å². The van der Waals surface area contributed by atoms with E-state index in [2.05, 4.69) is 0 Å². The minimum Gasteiger partial charge on any atom is -0.478 e. The van der Waals surface area contributed by atoms with Crippen LogP contribution in [0.15, 0.2) is 35.2 Å². The fourth-order valence-electron chi connectivity index (χ4n) is 3.14. The number of aromatic carboxylic acids is 1. The molecule has 0 radical (unpaired) electrons. The number of imide groups is 1. The highest BCUT2D eigenvalue weighted by Crippen LogP contribution is 2.33. The maximum Gasteiger partial charge on any atom is 0.335 e. The molecule has 1 aromatic heterocycles. The second-order valence-corrected chi connectivity index (χ2v) is 7.34. The zero-order valence-electron chi connectivity index (χ0n) is 15.4. The maximum absolute atomic E-state index is 12.4. The van der Waals surface area contributed by atoms with E-state index in [1.807, 2.05) is 31.4 Å². The van der Waals surface area contributed by atoms with E-state index in [4.69, 9.17) is 5.11 Å². The van der Waals surface area contributed by atoms with Gasteiger partial charge in [-0.25, -0.2) is 4.79 Å². The van der Waals surface area contributed by atoms with Gasteiger partial charge in [0, 0.05) is 23.6 Å². The third kappa shape index (κ3) is 3.55. The Bertz CT molecular complexity index is 957. The summed E-state index contributed by atoms with van der Waals surface area (Å²) in [6, 6.07) is 8.58. The molecule has 0 bridgehead atoms. The van der Waals surface area contributed by atoms with Crippen molar-refractivity contribution in [2.24, 2.45) is 0 Å². The van der Waals surface area contributed by atoms with E-state index in [1.54, 1.807) is 30.3 Å². The van der Waals surface area contributed by atoms with E-state index in [1.165, 1.54) is 4.90 Å². The Morgan fingerprint density at radius 3 is 2.44 bits per heavy atom. The molecule has 2 aromatic rings. The molecule has 1 aromatic carbocycles. The van der Waals surface area contributed by atoms with Crippen LogP contribution in [0.3, 0.4) is 0 Å². The van der Waals surface area contributed by atoms with Gasteiger partial charge < -0.3 is 9.67 Å². The first-order chi connectivity index (χ1) is 12.8. The van der Waals surface area contributed by atoms with Crippen LogP contribution in [0, 0.1) is 13.8 Å². The van der Waals surface area contributed by atoms with E-state index in [0.29, 0.717) is 11.4 Å². The Balaban J connectivity index is 1.96. The predicted molar refractivity (Wildman–Crippen MR) is 105 cm³/mol. The first kappa shape index (κ1) is 19.0. The van der Waals surface area contributed by atoms with Gasteiger partial charge in [-0.05, 0) is 74.0 Å². The van der Waals surface area contributed by atoms with Crippen LogP contribution in [0.2, 0.25) is 0 Å². The summed E-state index contributed by atoms with van der Waals surface area (Å²) in [7, 11) is 0. The Morgan fingerprint density at radius 1 is 1.19 bits per heavy atom. The average molecular weight is 384 g/mol. The minimum atomic E-state index is -0.967. The topological polar surface area (TPSA) is 79.6 Å². The standard InChI is InChI=1S/C20H20N2O4S/c1-4-9-21-18(23)17(27-20(21)26)11-15-10-12(2)22(13(15)3)16-7-5-14(6-8-16)19(24)25/h5-8,10-11H,4,9H2,1-3H3,(H,24,25)/b17-11+. The van der Waals surface area contributed by atoms with Crippen molar-refractivity contribution in [1.82, 2.24) is 9.47 Å². The number of benzene rings is 1. The largest absolute Gasteiger partial charge is 0.478 e. The third-order valence-corrected chi connectivity index (χ3v) is 5.36. The number of amides is 2. The first-order valence-corrected chi connectivity index (χ1v) is 9.43. The second kappa shape index (κ2) is 7.44. The normalized spacial score (nSPS) is 15.8. The number of carboxylic acids is 1. The van der Waals surface area contributed by atoms with Gasteiger partial charge in [-0.15, -0.1) is 0 Å². The van der Waals surface area contributed by atoms with Gasteiger partial charge in [0.25, 0.3) is 11.1 Å². The highest BCUT2D eigenvalue weighted by molar-refractivity contribution is 8.18. The molecule has 7 heteroatoms. The van der Waals surface area contributed by atoms with Gasteiger partial charge in [0.2, 0.25) is 0 Å². The van der Waals surface area contributed by atoms with E-state index in [-0.39, 0.29) is 16.7 Å². The van der Waals surface area contributed by atoms with Gasteiger partial charge >= 0.3 is 5.97 Å². The van der Waals surface area contributed by atoms with Crippen LogP contribution in [0.4, 0.5) is 4.79 Å². The van der Waals surface area contributed by atoms with E-state index in [9.17, 15) is 14.4 Å². The summed E-state index contributed by atoms with van der Waals surface area (Å²) in [6.45, 7) is 6.23. The Labute approximate surface area is 161 Å². The molecule has 1 aliphatic rings. The quantitative estimate of drug-likeness (QED) is 0.780. The van der Waals surface area contributed by atoms with Gasteiger partial charge in [0.15, 0.2) is 0 Å². The molecule has 27 heavy (non-hydrogen) atoms. The molecule has 1 fully saturated rings. The van der Waals surface area contributed by atoms with Gasteiger partial charge in [-0.2, -0.15) is 0 Å². The minimum absolute atomic E-state index is 0.228. The molecule has 1 aliphatic heterocycles. The van der Waals surface area contributed by atoms with Crippen molar-refractivity contribution in [3.63, 3.8) is 0 Å². The van der Waals surface area contributed by atoms with Crippen molar-refractivity contribution in [2.75, 3.05) is 6.54 Å². The number of carbonyl (C=O) groups is 3. The fourth-order valence-corrected chi connectivity index (χ4v) is 4.00. The van der Waals surface area contributed by atoms with Crippen LogP contribution >= 0.6 is 11.8 Å². The second-order valence-electron chi connectivity index (χ2n) is 6.35. The Kier molecular flexibility index (Phi) is 5.23. The molecule has 0 unspecified atom stereocenters. The number of nitrogens with zero attached hydrogens (tertiary/aromatic N) is 2. The van der Waals surface area contributed by atoms with Gasteiger partial charge in [0.1, 0.15) is 0 Å². The SMILES string of the molecule is CCCN1C(=O)S/C(=C/c2cc(C)n(-c3ccc(C(=O)O)cc3)c2C)C1=O. The first-order valence-electron chi connectivity index (χ1n) is 8.61. The summed E-state index contributed by atoms with van der Waals surface area (Å²) in [4.78, 5) is 37.2. The highest BCUT2D eigenvalue weighted by atomic mass is 32.2. The van der Waals surface area contributed by atoms with Crippen LogP contribution in [-0.2, 0) is 4.79 Å². The van der Waals surface area contributed by atoms with E-state index in [0.717, 1.165) is 40.8 Å². The molecule has 140 valence electrons. The summed E-state index contributed by atoms with van der Waals surface area (Å²) >= 11 is 0.965. The monoisotopic (exact) mass is 384 g/mol. The van der Waals surface area contributed by atoms with Crippen molar-refractivity contribution in [3.8, 4) is 5.69 Å². The number of hydrogen-bond donors (Lipinski definition) is 1. The number of thioether (sulfide) groups is 1. The molecule has 0 spiro atoms. The molecule has 2 heterocycles. The van der Waals surface area contributed by atoms with Gasteiger partial charge in [0.05, 0.1) is 10.5 Å². The summed E-state index contributed by atoms with van der Waals surface area (Å²) in [5.74, 6) is -1.21. The number of aryl methyl sites for hydroxylation is 1. The third-order valence-electron chi connectivity index (χ3n) is 4.45. The van der Waals surface area contributed by atoms with E-state index >= 15 is 0 Å². The summed E-state index contributed by atoms with van der Waals surface area (Å²) in [5, 5.41) is 8.81. The molecular formula is C20H20N2O4S. The molecule has 1 saturated heterocycles. The molecule has 1 N–H and O–H groups in total. The van der Waals surface area contributed by atoms with Crippen molar-refractivity contribution >= 4 is 35.0 Å². The number of aromatic nitrogens is 1. The van der Waals surface area contributed by atoms with Crippen LogP contribution in [0.1, 0.15) is 40.7 Å². The van der Waals surface area contributed by atoms with Crippen LogP contribution in [0.25, 0.3) is 11.8 Å². The van der Waals surface area contributed by atoms with E-state index < -0.39 is 5.97 Å². The van der Waals surface area contributed by atoms with Crippen LogP contribution < -0.4 is 0 Å². The number of hydrogen-bond acceptors (Lipinski definition) is 4. The molecule has 0 aliphatic carbocycles. The Hall–Kier alpha value is -2.80. The molecule has 6 nitrogen and oxygen atoms in total. The Morgan fingerprint density at radius 2 is 1.85 bits per heavy atom. The summed E-state index contributed by atoms with van der Waals surface area (Å²) in [6.07, 6.45) is 2.48. The van der Waals surface area contributed by atoms with Gasteiger partial charge in [-0.3, -0.25) is 14.5 Å². The number of rotatable bonds is 5. The lowest BCUT2D eigenvalue weighted by atomic mass is 10.2. The fraction of sp³-hybridized carbons (Fsp3) is 0.250. The lowest BCUT2D eigenvalue weighted by Crippen LogP contribution is -2.28. The number of carbonyl (C=O) groups excluding carboxylic acids is 2. The zero-order chi connectivity index (χ0) is 19.7. The predicted octanol–water partition coefficient (Wildman–Crippen LogP) is 4.24. The van der Waals surface area contributed by atoms with Crippen molar-refractivity contribution in [2.45, 2.75) is 27.2 Å². The average Bonchev–Trinajstić information content (AvgIpc) is 3.05. The molecule has 0 saturated carbocycles. The van der Waals surface area contributed by atoms with Crippen LogP contribution in [0.5, 0.6) is 0 Å². The zero-order valence-corrected chi connectivity index (χ0v) is 16.2. The molecule has 0 atom stereocenters. The summed E-state index contributed by atoms with van der Waals surface area (Å²) in [5.41, 5.74) is 3.80. The lowest BCUT2D eigenvalue weighted by molar-refractivity contribution is -0.122. The maximum atomic E-state index is 12.4. The molecule has 3 rings (SSSR count). The molecule has 2 amide bonds. The van der Waals surface area contributed by atoms with Crippen molar-refractivity contribution < 1.29 is 19.5 Å². The lowest BCUT2D eigenvalue weighted by Gasteiger charge is -2.10. The number of carboxylic acid groups (broad SMARTS) is 1. The molecular weight excluding hydrogens is 364 g/mol. The van der Waals surface area contributed by atoms with Crippen molar-refractivity contribution in [1.29, 1.82) is 0 Å². The summed E-state index contributed by atoms with van der Waals surface area (Å²) < 4.78 is 1.99.